The minimum absolute atomic E-state index is 0.0400. The molecule has 0 heterocycles. The largest absolute Gasteiger partial charge is 0.497 e. The van der Waals surface area contributed by atoms with Crippen molar-refractivity contribution in [3.8, 4) is 11.5 Å². The Balaban J connectivity index is 2.13. The van der Waals surface area contributed by atoms with Gasteiger partial charge in [-0.25, -0.2) is 0 Å². The molecule has 0 saturated heterocycles. The summed E-state index contributed by atoms with van der Waals surface area (Å²) < 4.78 is 10.7. The summed E-state index contributed by atoms with van der Waals surface area (Å²) in [5.74, 6) is 2.48. The minimum Gasteiger partial charge on any atom is -0.497 e. The average molecular weight is 249 g/mol. The molecule has 1 aromatic rings. The Morgan fingerprint density at radius 1 is 1.22 bits per heavy atom. The molecule has 1 aliphatic carbocycles. The van der Waals surface area contributed by atoms with Crippen molar-refractivity contribution in [2.75, 3.05) is 14.2 Å². The fourth-order valence-corrected chi connectivity index (χ4v) is 2.86. The van der Waals surface area contributed by atoms with E-state index in [-0.39, 0.29) is 6.04 Å². The Morgan fingerprint density at radius 2 is 1.94 bits per heavy atom. The van der Waals surface area contributed by atoms with Gasteiger partial charge in [-0.15, -0.1) is 0 Å². The molecule has 1 fully saturated rings. The molecule has 0 radical (unpaired) electrons. The van der Waals surface area contributed by atoms with E-state index >= 15 is 0 Å². The number of rotatable bonds is 5. The lowest BCUT2D eigenvalue weighted by Crippen LogP contribution is -2.15. The molecule has 3 heteroatoms. The lowest BCUT2D eigenvalue weighted by molar-refractivity contribution is 0.385. The summed E-state index contributed by atoms with van der Waals surface area (Å²) in [5.41, 5.74) is 7.40. The number of benzene rings is 1. The van der Waals surface area contributed by atoms with Crippen LogP contribution in [0.2, 0.25) is 0 Å². The van der Waals surface area contributed by atoms with Crippen LogP contribution in [0, 0.1) is 5.92 Å². The van der Waals surface area contributed by atoms with Crippen LogP contribution in [0.3, 0.4) is 0 Å². The summed E-state index contributed by atoms with van der Waals surface area (Å²) in [5, 5.41) is 0. The van der Waals surface area contributed by atoms with Crippen LogP contribution in [-0.4, -0.2) is 14.2 Å². The molecule has 1 aliphatic rings. The summed E-state index contributed by atoms with van der Waals surface area (Å²) in [6, 6.07) is 5.88. The van der Waals surface area contributed by atoms with Crippen molar-refractivity contribution >= 4 is 0 Å². The third kappa shape index (κ3) is 2.96. The molecular formula is C15H23NO2. The van der Waals surface area contributed by atoms with Crippen LogP contribution in [0.15, 0.2) is 18.2 Å². The van der Waals surface area contributed by atoms with Crippen LogP contribution in [0.25, 0.3) is 0 Å². The monoisotopic (exact) mass is 249 g/mol. The smallest absolute Gasteiger partial charge is 0.123 e. The molecule has 0 amide bonds. The topological polar surface area (TPSA) is 44.5 Å². The zero-order valence-electron chi connectivity index (χ0n) is 11.3. The van der Waals surface area contributed by atoms with Crippen LogP contribution in [0.4, 0.5) is 0 Å². The fourth-order valence-electron chi connectivity index (χ4n) is 2.86. The van der Waals surface area contributed by atoms with E-state index in [2.05, 4.69) is 0 Å². The SMILES string of the molecule is COc1ccc(OC)c(C(N)CC2CCCC2)c1. The molecule has 1 saturated carbocycles. The maximum atomic E-state index is 6.34. The molecule has 2 N–H and O–H groups in total. The van der Waals surface area contributed by atoms with Crippen molar-refractivity contribution in [3.05, 3.63) is 23.8 Å². The van der Waals surface area contributed by atoms with Crippen LogP contribution in [-0.2, 0) is 0 Å². The molecular weight excluding hydrogens is 226 g/mol. The predicted molar refractivity (Wildman–Crippen MR) is 73.0 cm³/mol. The highest BCUT2D eigenvalue weighted by atomic mass is 16.5. The van der Waals surface area contributed by atoms with Gasteiger partial charge in [-0.3, -0.25) is 0 Å². The molecule has 0 spiro atoms. The lowest BCUT2D eigenvalue weighted by Gasteiger charge is -2.19. The zero-order valence-corrected chi connectivity index (χ0v) is 11.3. The van der Waals surface area contributed by atoms with Crippen molar-refractivity contribution in [2.45, 2.75) is 38.1 Å². The van der Waals surface area contributed by atoms with Crippen LogP contribution >= 0.6 is 0 Å². The van der Waals surface area contributed by atoms with Gasteiger partial charge in [0.1, 0.15) is 11.5 Å². The first kappa shape index (κ1) is 13.2. The Morgan fingerprint density at radius 3 is 2.56 bits per heavy atom. The number of hydrogen-bond donors (Lipinski definition) is 1. The van der Waals surface area contributed by atoms with E-state index in [0.717, 1.165) is 29.4 Å². The molecule has 1 atom stereocenters. The number of ether oxygens (including phenoxy) is 2. The molecule has 0 bridgehead atoms. The van der Waals surface area contributed by atoms with Crippen LogP contribution in [0.5, 0.6) is 11.5 Å². The first-order valence-corrected chi connectivity index (χ1v) is 6.72. The van der Waals surface area contributed by atoms with Crippen molar-refractivity contribution in [1.82, 2.24) is 0 Å². The highest BCUT2D eigenvalue weighted by molar-refractivity contribution is 5.42. The van der Waals surface area contributed by atoms with Crippen molar-refractivity contribution < 1.29 is 9.47 Å². The van der Waals surface area contributed by atoms with Crippen LogP contribution < -0.4 is 15.2 Å². The van der Waals surface area contributed by atoms with E-state index < -0.39 is 0 Å². The van der Waals surface area contributed by atoms with Gasteiger partial charge in [-0.1, -0.05) is 25.7 Å². The summed E-state index contributed by atoms with van der Waals surface area (Å²) >= 11 is 0. The minimum atomic E-state index is 0.0400. The lowest BCUT2D eigenvalue weighted by atomic mass is 9.93. The van der Waals surface area contributed by atoms with Gasteiger partial charge in [0.2, 0.25) is 0 Å². The van der Waals surface area contributed by atoms with Gasteiger partial charge in [0, 0.05) is 11.6 Å². The number of nitrogens with two attached hydrogens (primary N) is 1. The van der Waals surface area contributed by atoms with Gasteiger partial charge in [0.05, 0.1) is 14.2 Å². The Kier molecular flexibility index (Phi) is 4.48. The highest BCUT2D eigenvalue weighted by Crippen LogP contribution is 2.36. The maximum Gasteiger partial charge on any atom is 0.123 e. The Bertz CT molecular complexity index is 386. The third-order valence-corrected chi connectivity index (χ3v) is 3.90. The van der Waals surface area contributed by atoms with E-state index in [0.29, 0.717) is 0 Å². The number of hydrogen-bond acceptors (Lipinski definition) is 3. The third-order valence-electron chi connectivity index (χ3n) is 3.90. The zero-order chi connectivity index (χ0) is 13.0. The molecule has 100 valence electrons. The highest BCUT2D eigenvalue weighted by Gasteiger charge is 2.21. The molecule has 0 aliphatic heterocycles. The standard InChI is InChI=1S/C15H23NO2/c1-17-12-7-8-15(18-2)13(10-12)14(16)9-11-5-3-4-6-11/h7-8,10-11,14H,3-6,9,16H2,1-2H3. The summed E-state index contributed by atoms with van der Waals surface area (Å²) in [6.07, 6.45) is 6.39. The van der Waals surface area contributed by atoms with E-state index in [9.17, 15) is 0 Å². The van der Waals surface area contributed by atoms with Crippen molar-refractivity contribution in [3.63, 3.8) is 0 Å². The van der Waals surface area contributed by atoms with Crippen LogP contribution in [0.1, 0.15) is 43.7 Å². The molecule has 2 rings (SSSR count). The quantitative estimate of drug-likeness (QED) is 0.871. The molecule has 1 aromatic carbocycles. The normalized spacial score (nSPS) is 17.7. The molecule has 0 aromatic heterocycles. The second-order valence-electron chi connectivity index (χ2n) is 5.10. The van der Waals surface area contributed by atoms with Gasteiger partial charge < -0.3 is 15.2 Å². The second-order valence-corrected chi connectivity index (χ2v) is 5.10. The van der Waals surface area contributed by atoms with E-state index in [1.165, 1.54) is 25.7 Å². The molecule has 3 nitrogen and oxygen atoms in total. The van der Waals surface area contributed by atoms with Gasteiger partial charge >= 0.3 is 0 Å². The summed E-state index contributed by atoms with van der Waals surface area (Å²) in [7, 11) is 3.36. The first-order valence-electron chi connectivity index (χ1n) is 6.72. The van der Waals surface area contributed by atoms with E-state index in [1.54, 1.807) is 14.2 Å². The van der Waals surface area contributed by atoms with Gasteiger partial charge in [-0.05, 0) is 30.5 Å². The van der Waals surface area contributed by atoms with E-state index in [1.807, 2.05) is 18.2 Å². The van der Waals surface area contributed by atoms with Gasteiger partial charge in [-0.2, -0.15) is 0 Å². The number of methoxy groups -OCH3 is 2. The fraction of sp³-hybridized carbons (Fsp3) is 0.600. The summed E-state index contributed by atoms with van der Waals surface area (Å²) in [6.45, 7) is 0. The van der Waals surface area contributed by atoms with Crippen molar-refractivity contribution in [1.29, 1.82) is 0 Å². The predicted octanol–water partition coefficient (Wildman–Crippen LogP) is 3.28. The Labute approximate surface area is 109 Å². The molecule has 18 heavy (non-hydrogen) atoms. The second kappa shape index (κ2) is 6.10. The van der Waals surface area contributed by atoms with Gasteiger partial charge in [0.15, 0.2) is 0 Å². The average Bonchev–Trinajstić information content (AvgIpc) is 2.90. The van der Waals surface area contributed by atoms with Gasteiger partial charge in [0.25, 0.3) is 0 Å². The maximum absolute atomic E-state index is 6.34. The van der Waals surface area contributed by atoms with E-state index in [4.69, 9.17) is 15.2 Å². The molecule has 1 unspecified atom stereocenters. The first-order chi connectivity index (χ1) is 8.74. The summed E-state index contributed by atoms with van der Waals surface area (Å²) in [4.78, 5) is 0. The Hall–Kier alpha value is -1.22. The van der Waals surface area contributed by atoms with Crippen molar-refractivity contribution in [2.24, 2.45) is 11.7 Å².